The Labute approximate surface area is 215 Å². The van der Waals surface area contributed by atoms with E-state index >= 15 is 0 Å². The van der Waals surface area contributed by atoms with Crippen molar-refractivity contribution in [3.63, 3.8) is 0 Å². The van der Waals surface area contributed by atoms with Crippen LogP contribution in [0.1, 0.15) is 53.5 Å². The molecule has 0 bridgehead atoms. The number of nitrogens with zero attached hydrogens (tertiary/aromatic N) is 1. The molecule has 0 aliphatic rings. The zero-order valence-corrected chi connectivity index (χ0v) is 23.5. The summed E-state index contributed by atoms with van der Waals surface area (Å²) in [6, 6.07) is 7.41. The van der Waals surface area contributed by atoms with Gasteiger partial charge in [-0.05, 0) is 59.2 Å². The predicted molar refractivity (Wildman–Crippen MR) is 150 cm³/mol. The molecule has 0 aliphatic heterocycles. The maximum Gasteiger partial charge on any atom is 0.241 e. The van der Waals surface area contributed by atoms with Gasteiger partial charge in [0.2, 0.25) is 15.9 Å². The van der Waals surface area contributed by atoms with Gasteiger partial charge in [-0.15, -0.1) is 11.3 Å². The van der Waals surface area contributed by atoms with Crippen LogP contribution in [0.5, 0.6) is 0 Å². The van der Waals surface area contributed by atoms with E-state index < -0.39 is 21.5 Å². The second-order valence-corrected chi connectivity index (χ2v) is 13.3. The molecule has 0 spiro atoms. The fourth-order valence-corrected chi connectivity index (χ4v) is 6.56. The molecule has 1 atom stereocenters. The van der Waals surface area contributed by atoms with Crippen LogP contribution in [0.15, 0.2) is 66.1 Å². The molecule has 1 aromatic heterocycles. The van der Waals surface area contributed by atoms with Gasteiger partial charge >= 0.3 is 0 Å². The average molecular weight is 517 g/mol. The van der Waals surface area contributed by atoms with E-state index in [1.807, 2.05) is 45.9 Å². The third-order valence-electron chi connectivity index (χ3n) is 5.29. The van der Waals surface area contributed by atoms with E-state index in [9.17, 15) is 13.2 Å². The summed E-state index contributed by atoms with van der Waals surface area (Å²) in [6.45, 7) is 16.3. The molecule has 5 nitrogen and oxygen atoms in total. The molecule has 1 N–H and O–H groups in total. The lowest BCUT2D eigenvalue weighted by Crippen LogP contribution is -2.50. The van der Waals surface area contributed by atoms with Crippen molar-refractivity contribution < 1.29 is 13.2 Å². The number of fused-ring (bicyclic) bond motifs is 1. The largest absolute Gasteiger partial charge is 0.337 e. The van der Waals surface area contributed by atoms with Gasteiger partial charge in [0.1, 0.15) is 6.04 Å². The molecule has 0 saturated heterocycles. The van der Waals surface area contributed by atoms with Crippen molar-refractivity contribution in [1.29, 1.82) is 0 Å². The SMILES string of the molecule is C=C/C=C\C(=C/C)C[C@H](NS(=O)(=O)CC(C)(C)C)C(=O)N(Cc1ccc2sccc2c1)CC(C)C. The second kappa shape index (κ2) is 12.7. The molecule has 2 rings (SSSR count). The Bertz CT molecular complexity index is 1170. The van der Waals surface area contributed by atoms with Crippen molar-refractivity contribution in [2.75, 3.05) is 12.3 Å². The zero-order chi connectivity index (χ0) is 26.2. The smallest absolute Gasteiger partial charge is 0.241 e. The van der Waals surface area contributed by atoms with Gasteiger partial charge in [-0.2, -0.15) is 0 Å². The summed E-state index contributed by atoms with van der Waals surface area (Å²) in [7, 11) is -3.68. The van der Waals surface area contributed by atoms with Crippen LogP contribution in [-0.4, -0.2) is 37.6 Å². The molecule has 192 valence electrons. The Morgan fingerprint density at radius 3 is 2.54 bits per heavy atom. The van der Waals surface area contributed by atoms with E-state index in [-0.39, 0.29) is 24.0 Å². The number of benzene rings is 1. The van der Waals surface area contributed by atoms with Gasteiger partial charge in [-0.3, -0.25) is 4.79 Å². The van der Waals surface area contributed by atoms with Gasteiger partial charge in [0.25, 0.3) is 0 Å². The lowest BCUT2D eigenvalue weighted by molar-refractivity contribution is -0.134. The molecule has 1 aromatic carbocycles. The second-order valence-electron chi connectivity index (χ2n) is 10.6. The van der Waals surface area contributed by atoms with Crippen LogP contribution in [-0.2, 0) is 21.4 Å². The van der Waals surface area contributed by atoms with Gasteiger partial charge in [-0.1, -0.05) is 77.1 Å². The van der Waals surface area contributed by atoms with Crippen molar-refractivity contribution in [2.45, 2.75) is 60.5 Å². The highest BCUT2D eigenvalue weighted by atomic mass is 32.2. The topological polar surface area (TPSA) is 66.5 Å². The van der Waals surface area contributed by atoms with E-state index in [4.69, 9.17) is 0 Å². The number of allylic oxidation sites excluding steroid dienone is 4. The number of thiophene rings is 1. The molecular weight excluding hydrogens is 476 g/mol. The van der Waals surface area contributed by atoms with E-state index in [1.165, 1.54) is 4.70 Å². The number of rotatable bonds is 12. The van der Waals surface area contributed by atoms with Crippen LogP contribution in [0, 0.1) is 11.3 Å². The van der Waals surface area contributed by atoms with Crippen molar-refractivity contribution in [1.82, 2.24) is 9.62 Å². The highest BCUT2D eigenvalue weighted by Crippen LogP contribution is 2.24. The van der Waals surface area contributed by atoms with E-state index in [2.05, 4.69) is 48.7 Å². The first-order chi connectivity index (χ1) is 16.3. The number of carbonyl (C=O) groups excluding carboxylic acids is 1. The predicted octanol–water partition coefficient (Wildman–Crippen LogP) is 6.30. The quantitative estimate of drug-likeness (QED) is 0.337. The highest BCUT2D eigenvalue weighted by Gasteiger charge is 2.31. The Morgan fingerprint density at radius 2 is 1.94 bits per heavy atom. The standard InChI is InChI=1S/C28H40N2O3S2/c1-8-10-11-22(9-2)17-25(29-35(32,33)20-28(5,6)7)27(31)30(18-21(3)4)19-23-12-13-26-24(16-23)14-15-34-26/h8-16,21,25,29H,1,17-20H2,2-7H3/b11-10-,22-9+/t25-/m0/s1. The maximum atomic E-state index is 13.9. The number of sulfonamides is 1. The summed E-state index contributed by atoms with van der Waals surface area (Å²) in [4.78, 5) is 15.7. The van der Waals surface area contributed by atoms with E-state index in [0.29, 0.717) is 13.1 Å². The Balaban J connectivity index is 2.39. The molecule has 0 fully saturated rings. The number of hydrogen-bond donors (Lipinski definition) is 1. The fourth-order valence-electron chi connectivity index (χ4n) is 3.95. The van der Waals surface area contributed by atoms with Crippen LogP contribution in [0.25, 0.3) is 10.1 Å². The van der Waals surface area contributed by atoms with Crippen molar-refractivity contribution in [2.24, 2.45) is 11.3 Å². The molecule has 35 heavy (non-hydrogen) atoms. The summed E-state index contributed by atoms with van der Waals surface area (Å²) in [5.74, 6) is -0.0401. The molecule has 0 saturated carbocycles. The van der Waals surface area contributed by atoms with Gasteiger partial charge in [-0.25, -0.2) is 13.1 Å². The average Bonchev–Trinajstić information content (AvgIpc) is 3.20. The van der Waals surface area contributed by atoms with Crippen LogP contribution >= 0.6 is 11.3 Å². The fraction of sp³-hybridized carbons (Fsp3) is 0.464. The molecular formula is C28H40N2O3S2. The maximum absolute atomic E-state index is 13.9. The minimum atomic E-state index is -3.68. The lowest BCUT2D eigenvalue weighted by atomic mass is 10.0. The molecule has 1 amide bonds. The first-order valence-corrected chi connectivity index (χ1v) is 14.6. The van der Waals surface area contributed by atoms with Crippen LogP contribution in [0.2, 0.25) is 0 Å². The Kier molecular flexibility index (Phi) is 10.5. The minimum absolute atomic E-state index is 0.0591. The lowest BCUT2D eigenvalue weighted by Gasteiger charge is -2.30. The summed E-state index contributed by atoms with van der Waals surface area (Å²) in [5, 5.41) is 3.21. The number of nitrogens with one attached hydrogen (secondary N) is 1. The van der Waals surface area contributed by atoms with Crippen LogP contribution in [0.4, 0.5) is 0 Å². The Hall–Kier alpha value is -2.22. The van der Waals surface area contributed by atoms with Gasteiger partial charge in [0.15, 0.2) is 0 Å². The Morgan fingerprint density at radius 1 is 1.23 bits per heavy atom. The van der Waals surface area contributed by atoms with Crippen LogP contribution in [0.3, 0.4) is 0 Å². The molecule has 0 unspecified atom stereocenters. The molecule has 2 aromatic rings. The first-order valence-electron chi connectivity index (χ1n) is 12.0. The molecule has 7 heteroatoms. The number of amides is 1. The first kappa shape index (κ1) is 29.0. The van der Waals surface area contributed by atoms with Crippen molar-refractivity contribution in [3.05, 3.63) is 71.7 Å². The van der Waals surface area contributed by atoms with E-state index in [0.717, 1.165) is 16.5 Å². The minimum Gasteiger partial charge on any atom is -0.337 e. The summed E-state index contributed by atoms with van der Waals surface area (Å²) in [5.41, 5.74) is 1.46. The van der Waals surface area contributed by atoms with Gasteiger partial charge in [0.05, 0.1) is 5.75 Å². The van der Waals surface area contributed by atoms with E-state index in [1.54, 1.807) is 28.4 Å². The summed E-state index contributed by atoms with van der Waals surface area (Å²) < 4.78 is 30.0. The van der Waals surface area contributed by atoms with Crippen molar-refractivity contribution in [3.8, 4) is 0 Å². The summed E-state index contributed by atoms with van der Waals surface area (Å²) >= 11 is 1.69. The third kappa shape index (κ3) is 9.74. The monoisotopic (exact) mass is 516 g/mol. The van der Waals surface area contributed by atoms with Crippen LogP contribution < -0.4 is 4.72 Å². The van der Waals surface area contributed by atoms with Crippen molar-refractivity contribution >= 4 is 37.4 Å². The normalized spacial score (nSPS) is 14.1. The number of carbonyl (C=O) groups is 1. The molecule has 0 radical (unpaired) electrons. The number of hydrogen-bond acceptors (Lipinski definition) is 4. The molecule has 1 heterocycles. The highest BCUT2D eigenvalue weighted by molar-refractivity contribution is 7.89. The van der Waals surface area contributed by atoms with Gasteiger partial charge in [0, 0.05) is 17.8 Å². The summed E-state index contributed by atoms with van der Waals surface area (Å²) in [6.07, 6.45) is 7.48. The zero-order valence-electron chi connectivity index (χ0n) is 21.9. The van der Waals surface area contributed by atoms with Gasteiger partial charge < -0.3 is 4.90 Å². The third-order valence-corrected chi connectivity index (χ3v) is 8.07. The molecule has 0 aliphatic carbocycles.